The van der Waals surface area contributed by atoms with Crippen molar-refractivity contribution < 1.29 is 8.42 Å². The third kappa shape index (κ3) is 4.30. The van der Waals surface area contributed by atoms with Crippen molar-refractivity contribution in [3.8, 4) is 0 Å². The van der Waals surface area contributed by atoms with Gasteiger partial charge in [-0.1, -0.05) is 19.1 Å². The Morgan fingerprint density at radius 2 is 1.89 bits per heavy atom. The predicted molar refractivity (Wildman–Crippen MR) is 78.6 cm³/mol. The minimum absolute atomic E-state index is 0.363. The van der Waals surface area contributed by atoms with E-state index >= 15 is 0 Å². The zero-order valence-corrected chi connectivity index (χ0v) is 13.2. The van der Waals surface area contributed by atoms with E-state index in [-0.39, 0.29) is 0 Å². The lowest BCUT2D eigenvalue weighted by Gasteiger charge is -2.24. The molecule has 5 heteroatoms. The van der Waals surface area contributed by atoms with Crippen LogP contribution in [0.1, 0.15) is 38.3 Å². The van der Waals surface area contributed by atoms with Crippen LogP contribution in [0.2, 0.25) is 0 Å². The summed E-state index contributed by atoms with van der Waals surface area (Å²) in [5.74, 6) is 0. The summed E-state index contributed by atoms with van der Waals surface area (Å²) in [5, 5.41) is 3.03. The Hall–Kier alpha value is -0.910. The number of aryl methyl sites for hydroxylation is 1. The monoisotopic (exact) mass is 284 g/mol. The standard InChI is InChI=1S/C14H24N2O2S/c1-6-14(3,4)16-19(17,18)13-9-12(10-15-5)8-7-11(13)2/h7-9,15-16H,6,10H2,1-5H3. The first kappa shape index (κ1) is 16.1. The lowest BCUT2D eigenvalue weighted by Crippen LogP contribution is -2.42. The van der Waals surface area contributed by atoms with Gasteiger partial charge in [-0.25, -0.2) is 13.1 Å². The van der Waals surface area contributed by atoms with Gasteiger partial charge in [0.2, 0.25) is 10.0 Å². The molecular formula is C14H24N2O2S. The van der Waals surface area contributed by atoms with Crippen molar-refractivity contribution in [1.29, 1.82) is 0 Å². The molecule has 0 aliphatic carbocycles. The molecule has 1 aromatic rings. The van der Waals surface area contributed by atoms with E-state index in [9.17, 15) is 8.42 Å². The predicted octanol–water partition coefficient (Wildman–Crippen LogP) is 2.18. The largest absolute Gasteiger partial charge is 0.316 e. The van der Waals surface area contributed by atoms with Crippen LogP contribution in [0, 0.1) is 6.92 Å². The summed E-state index contributed by atoms with van der Waals surface area (Å²) >= 11 is 0. The summed E-state index contributed by atoms with van der Waals surface area (Å²) in [6.45, 7) is 8.21. The average molecular weight is 284 g/mol. The zero-order valence-electron chi connectivity index (χ0n) is 12.4. The highest BCUT2D eigenvalue weighted by Crippen LogP contribution is 2.20. The van der Waals surface area contributed by atoms with Gasteiger partial charge in [0.25, 0.3) is 0 Å². The van der Waals surface area contributed by atoms with E-state index < -0.39 is 15.6 Å². The number of hydrogen-bond acceptors (Lipinski definition) is 3. The van der Waals surface area contributed by atoms with E-state index in [1.54, 1.807) is 6.07 Å². The Bertz CT molecular complexity index is 536. The summed E-state index contributed by atoms with van der Waals surface area (Å²) in [6.07, 6.45) is 0.738. The normalized spacial score (nSPS) is 12.7. The lowest BCUT2D eigenvalue weighted by molar-refractivity contribution is 0.439. The van der Waals surface area contributed by atoms with Crippen LogP contribution < -0.4 is 10.0 Å². The van der Waals surface area contributed by atoms with Gasteiger partial charge in [0, 0.05) is 12.1 Å². The molecule has 0 bridgehead atoms. The Balaban J connectivity index is 3.17. The van der Waals surface area contributed by atoms with Crippen LogP contribution in [0.4, 0.5) is 0 Å². The third-order valence-corrected chi connectivity index (χ3v) is 5.06. The highest BCUT2D eigenvalue weighted by Gasteiger charge is 2.25. The zero-order chi connectivity index (χ0) is 14.7. The molecule has 0 aromatic heterocycles. The van der Waals surface area contributed by atoms with Crippen LogP contribution >= 0.6 is 0 Å². The lowest BCUT2D eigenvalue weighted by atomic mass is 10.0. The summed E-state index contributed by atoms with van der Waals surface area (Å²) in [4.78, 5) is 0.363. The molecule has 0 saturated heterocycles. The topological polar surface area (TPSA) is 58.2 Å². The maximum Gasteiger partial charge on any atom is 0.241 e. The smallest absolute Gasteiger partial charge is 0.241 e. The fourth-order valence-electron chi connectivity index (χ4n) is 1.74. The Morgan fingerprint density at radius 1 is 1.26 bits per heavy atom. The molecule has 0 atom stereocenters. The molecule has 0 amide bonds. The van der Waals surface area contributed by atoms with Crippen LogP contribution in [-0.2, 0) is 16.6 Å². The van der Waals surface area contributed by atoms with Crippen molar-refractivity contribution in [3.05, 3.63) is 29.3 Å². The second kappa shape index (κ2) is 6.03. The maximum absolute atomic E-state index is 12.5. The molecule has 1 aromatic carbocycles. The number of nitrogens with one attached hydrogen (secondary N) is 2. The van der Waals surface area contributed by atoms with Gasteiger partial charge in [0.05, 0.1) is 4.90 Å². The molecule has 2 N–H and O–H groups in total. The Kier molecular flexibility index (Phi) is 5.12. The number of rotatable bonds is 6. The summed E-state index contributed by atoms with van der Waals surface area (Å²) in [7, 11) is -1.64. The number of benzene rings is 1. The molecule has 0 fully saturated rings. The average Bonchev–Trinajstić information content (AvgIpc) is 2.30. The number of hydrogen-bond donors (Lipinski definition) is 2. The summed E-state index contributed by atoms with van der Waals surface area (Å²) in [5.41, 5.74) is 1.28. The van der Waals surface area contributed by atoms with Gasteiger partial charge in [-0.2, -0.15) is 0 Å². The van der Waals surface area contributed by atoms with E-state index in [2.05, 4.69) is 10.0 Å². The summed E-state index contributed by atoms with van der Waals surface area (Å²) in [6, 6.07) is 5.52. The van der Waals surface area contributed by atoms with E-state index in [0.717, 1.165) is 17.5 Å². The van der Waals surface area contributed by atoms with E-state index in [1.807, 2.05) is 46.9 Å². The fraction of sp³-hybridized carbons (Fsp3) is 0.571. The minimum Gasteiger partial charge on any atom is -0.316 e. The van der Waals surface area contributed by atoms with Gasteiger partial charge < -0.3 is 5.32 Å². The minimum atomic E-state index is -3.48. The van der Waals surface area contributed by atoms with Gasteiger partial charge >= 0.3 is 0 Å². The third-order valence-electron chi connectivity index (χ3n) is 3.22. The van der Waals surface area contributed by atoms with E-state index in [0.29, 0.717) is 11.4 Å². The molecule has 0 saturated carbocycles. The van der Waals surface area contributed by atoms with E-state index in [1.165, 1.54) is 0 Å². The Morgan fingerprint density at radius 3 is 2.42 bits per heavy atom. The van der Waals surface area contributed by atoms with Gasteiger partial charge in [0.15, 0.2) is 0 Å². The molecule has 0 unspecified atom stereocenters. The van der Waals surface area contributed by atoms with Crippen LogP contribution in [0.5, 0.6) is 0 Å². The quantitative estimate of drug-likeness (QED) is 0.842. The van der Waals surface area contributed by atoms with Crippen LogP contribution in [0.25, 0.3) is 0 Å². The second-order valence-electron chi connectivity index (χ2n) is 5.47. The highest BCUT2D eigenvalue weighted by atomic mass is 32.2. The van der Waals surface area contributed by atoms with Crippen LogP contribution in [-0.4, -0.2) is 21.0 Å². The van der Waals surface area contributed by atoms with Crippen LogP contribution in [0.3, 0.4) is 0 Å². The molecule has 0 spiro atoms. The van der Waals surface area contributed by atoms with Gasteiger partial charge in [-0.15, -0.1) is 0 Å². The highest BCUT2D eigenvalue weighted by molar-refractivity contribution is 7.89. The Labute approximate surface area is 116 Å². The van der Waals surface area contributed by atoms with Gasteiger partial charge in [-0.05, 0) is 51.4 Å². The van der Waals surface area contributed by atoms with Gasteiger partial charge in [0.1, 0.15) is 0 Å². The molecule has 0 aliphatic heterocycles. The van der Waals surface area contributed by atoms with Gasteiger partial charge in [-0.3, -0.25) is 0 Å². The van der Waals surface area contributed by atoms with Crippen molar-refractivity contribution in [1.82, 2.24) is 10.0 Å². The van der Waals surface area contributed by atoms with Crippen molar-refractivity contribution >= 4 is 10.0 Å². The molecule has 0 aliphatic rings. The SMILES string of the molecule is CCC(C)(C)NS(=O)(=O)c1cc(CNC)ccc1C. The summed E-state index contributed by atoms with van der Waals surface area (Å²) < 4.78 is 27.7. The molecule has 108 valence electrons. The number of sulfonamides is 1. The van der Waals surface area contributed by atoms with Crippen molar-refractivity contribution in [3.63, 3.8) is 0 Å². The van der Waals surface area contributed by atoms with Crippen LogP contribution in [0.15, 0.2) is 23.1 Å². The molecular weight excluding hydrogens is 260 g/mol. The first-order chi connectivity index (χ1) is 8.72. The molecule has 19 heavy (non-hydrogen) atoms. The molecule has 1 rings (SSSR count). The van der Waals surface area contributed by atoms with Crippen molar-refractivity contribution in [2.45, 2.75) is 51.1 Å². The maximum atomic E-state index is 12.5. The molecule has 0 radical (unpaired) electrons. The fourth-order valence-corrected chi connectivity index (χ4v) is 3.52. The molecule has 0 heterocycles. The molecule has 4 nitrogen and oxygen atoms in total. The first-order valence-corrected chi connectivity index (χ1v) is 7.98. The van der Waals surface area contributed by atoms with Crippen molar-refractivity contribution in [2.24, 2.45) is 0 Å². The van der Waals surface area contributed by atoms with Crippen molar-refractivity contribution in [2.75, 3.05) is 7.05 Å². The second-order valence-corrected chi connectivity index (χ2v) is 7.12. The first-order valence-electron chi connectivity index (χ1n) is 6.50. The van der Waals surface area contributed by atoms with E-state index in [4.69, 9.17) is 0 Å².